The van der Waals surface area contributed by atoms with Gasteiger partial charge in [0, 0.05) is 14.2 Å². The topological polar surface area (TPSA) is 118 Å². The highest BCUT2D eigenvalue weighted by Gasteiger charge is 2.69. The number of imide groups is 1. The zero-order valence-electron chi connectivity index (χ0n) is 8.54. The van der Waals surface area contributed by atoms with E-state index in [0.717, 1.165) is 0 Å². The molecular weight excluding hydrogens is 220 g/mol. The number of rotatable bonds is 2. The molecule has 0 aromatic carbocycles. The molecule has 0 saturated carbocycles. The predicted octanol–water partition coefficient (Wildman–Crippen LogP) is -2.22. The van der Waals surface area contributed by atoms with Crippen molar-refractivity contribution in [1.29, 1.82) is 0 Å². The zero-order valence-corrected chi connectivity index (χ0v) is 8.54. The van der Waals surface area contributed by atoms with Gasteiger partial charge in [0.1, 0.15) is 0 Å². The molecule has 0 spiro atoms. The van der Waals surface area contributed by atoms with Crippen LogP contribution in [-0.2, 0) is 14.3 Å². The number of hydrogen-bond acceptors (Lipinski definition) is 5. The first kappa shape index (κ1) is 10.6. The monoisotopic (exact) mass is 230 g/mol. The normalized spacial score (nSPS) is 37.0. The fourth-order valence-corrected chi connectivity index (χ4v) is 1.78. The van der Waals surface area contributed by atoms with Crippen molar-refractivity contribution >= 4 is 18.0 Å². The second kappa shape index (κ2) is 3.06. The Balaban J connectivity index is 2.52. The van der Waals surface area contributed by atoms with E-state index < -0.39 is 29.5 Å². The van der Waals surface area contributed by atoms with Gasteiger partial charge >= 0.3 is 12.1 Å². The highest BCUT2D eigenvalue weighted by molar-refractivity contribution is 6.06. The van der Waals surface area contributed by atoms with Gasteiger partial charge in [0.05, 0.1) is 0 Å². The third-order valence-electron chi connectivity index (χ3n) is 2.52. The van der Waals surface area contributed by atoms with E-state index in [1.54, 1.807) is 0 Å². The van der Waals surface area contributed by atoms with E-state index in [2.05, 4.69) is 16.0 Å². The third-order valence-corrected chi connectivity index (χ3v) is 2.52. The lowest BCUT2D eigenvalue weighted by Gasteiger charge is -2.42. The number of carbonyl (C=O) groups excluding carboxylic acids is 3. The third kappa shape index (κ3) is 1.03. The van der Waals surface area contributed by atoms with E-state index in [4.69, 9.17) is 9.47 Å². The van der Waals surface area contributed by atoms with Crippen LogP contribution >= 0.6 is 0 Å². The maximum atomic E-state index is 11.7. The van der Waals surface area contributed by atoms with Crippen LogP contribution in [0, 0.1) is 0 Å². The Bertz CT molecular complexity index is 385. The Morgan fingerprint density at radius 3 is 2.12 bits per heavy atom. The van der Waals surface area contributed by atoms with Gasteiger partial charge in [0.2, 0.25) is 0 Å². The highest BCUT2D eigenvalue weighted by atomic mass is 16.6. The van der Waals surface area contributed by atoms with Crippen molar-refractivity contribution in [3.8, 4) is 0 Å². The molecule has 9 heteroatoms. The minimum Gasteiger partial charge on any atom is -0.345 e. The molecule has 2 saturated heterocycles. The van der Waals surface area contributed by atoms with Crippen LogP contribution in [0.4, 0.5) is 9.59 Å². The van der Waals surface area contributed by atoms with Crippen LogP contribution in [0.15, 0.2) is 0 Å². The first-order valence-electron chi connectivity index (χ1n) is 4.34. The van der Waals surface area contributed by atoms with Gasteiger partial charge in [0.25, 0.3) is 17.5 Å². The predicted molar refractivity (Wildman–Crippen MR) is 47.8 cm³/mol. The maximum absolute atomic E-state index is 11.7. The van der Waals surface area contributed by atoms with E-state index in [1.165, 1.54) is 14.2 Å². The van der Waals surface area contributed by atoms with Crippen molar-refractivity contribution < 1.29 is 23.9 Å². The zero-order chi connectivity index (χ0) is 12.0. The fourth-order valence-electron chi connectivity index (χ4n) is 1.78. The molecule has 0 aliphatic carbocycles. The van der Waals surface area contributed by atoms with Gasteiger partial charge in [-0.1, -0.05) is 0 Å². The van der Waals surface area contributed by atoms with Gasteiger partial charge in [0.15, 0.2) is 0 Å². The Morgan fingerprint density at radius 1 is 0.938 bits per heavy atom. The number of amides is 5. The Labute approximate surface area is 89.8 Å². The van der Waals surface area contributed by atoms with Crippen LogP contribution < -0.4 is 21.3 Å². The fraction of sp³-hybridized carbons (Fsp3) is 0.571. The number of ether oxygens (including phenoxy) is 2. The average molecular weight is 230 g/mol. The van der Waals surface area contributed by atoms with Crippen LogP contribution in [0.25, 0.3) is 0 Å². The lowest BCUT2D eigenvalue weighted by molar-refractivity contribution is -0.206. The van der Waals surface area contributed by atoms with Crippen molar-refractivity contribution in [3.63, 3.8) is 0 Å². The minimum absolute atomic E-state index is 0.693. The van der Waals surface area contributed by atoms with Crippen LogP contribution in [-0.4, -0.2) is 43.8 Å². The summed E-state index contributed by atoms with van der Waals surface area (Å²) in [5, 5.41) is 8.79. The summed E-state index contributed by atoms with van der Waals surface area (Å²) in [7, 11) is 2.43. The second-order valence-corrected chi connectivity index (χ2v) is 3.26. The van der Waals surface area contributed by atoms with Gasteiger partial charge < -0.3 is 9.47 Å². The summed E-state index contributed by atoms with van der Waals surface area (Å²) >= 11 is 0. The van der Waals surface area contributed by atoms with Gasteiger partial charge in [-0.05, 0) is 0 Å². The number of nitrogens with one attached hydrogen (secondary N) is 4. The Kier molecular flexibility index (Phi) is 2.03. The molecular formula is C7H10N4O5. The van der Waals surface area contributed by atoms with Crippen molar-refractivity contribution in [3.05, 3.63) is 0 Å². The number of urea groups is 2. The summed E-state index contributed by atoms with van der Waals surface area (Å²) in [5.41, 5.74) is -1.83. The van der Waals surface area contributed by atoms with E-state index in [-0.39, 0.29) is 0 Å². The van der Waals surface area contributed by atoms with Crippen molar-refractivity contribution in [1.82, 2.24) is 21.3 Å². The van der Waals surface area contributed by atoms with E-state index in [9.17, 15) is 14.4 Å². The quantitative estimate of drug-likeness (QED) is 0.428. The molecule has 16 heavy (non-hydrogen) atoms. The summed E-state index contributed by atoms with van der Waals surface area (Å²) in [6.45, 7) is 0. The SMILES string of the molecule is CO[C@]12NC(=O)NC(=O)[C@@]1(OC)NC(=O)N2. The van der Waals surface area contributed by atoms with Crippen LogP contribution in [0.1, 0.15) is 0 Å². The first-order chi connectivity index (χ1) is 7.49. The molecule has 5 amide bonds. The molecule has 9 nitrogen and oxygen atoms in total. The molecule has 0 radical (unpaired) electrons. The summed E-state index contributed by atoms with van der Waals surface area (Å²) < 4.78 is 9.98. The Hall–Kier alpha value is -1.87. The number of fused-ring (bicyclic) bond motifs is 1. The van der Waals surface area contributed by atoms with Crippen molar-refractivity contribution in [2.75, 3.05) is 14.2 Å². The molecule has 0 unspecified atom stereocenters. The molecule has 2 atom stereocenters. The van der Waals surface area contributed by atoms with Gasteiger partial charge in [-0.15, -0.1) is 0 Å². The molecule has 2 aliphatic heterocycles. The number of carbonyl (C=O) groups is 3. The molecule has 2 aliphatic rings. The lowest BCUT2D eigenvalue weighted by atomic mass is 10.1. The largest absolute Gasteiger partial charge is 0.345 e. The minimum atomic E-state index is -1.83. The van der Waals surface area contributed by atoms with Gasteiger partial charge in [-0.3, -0.25) is 26.1 Å². The van der Waals surface area contributed by atoms with Crippen LogP contribution in [0.2, 0.25) is 0 Å². The molecule has 0 aromatic rings. The number of hydrogen-bond donors (Lipinski definition) is 4. The Morgan fingerprint density at radius 2 is 1.56 bits per heavy atom. The van der Waals surface area contributed by atoms with Crippen molar-refractivity contribution in [2.24, 2.45) is 0 Å². The highest BCUT2D eigenvalue weighted by Crippen LogP contribution is 2.29. The second-order valence-electron chi connectivity index (χ2n) is 3.26. The molecule has 0 aromatic heterocycles. The van der Waals surface area contributed by atoms with Crippen molar-refractivity contribution in [2.45, 2.75) is 11.6 Å². The smallest absolute Gasteiger partial charge is 0.325 e. The first-order valence-corrected chi connectivity index (χ1v) is 4.34. The van der Waals surface area contributed by atoms with Gasteiger partial charge in [-0.25, -0.2) is 9.59 Å². The average Bonchev–Trinajstić information content (AvgIpc) is 2.52. The molecule has 0 bridgehead atoms. The van der Waals surface area contributed by atoms with Crippen LogP contribution in [0.3, 0.4) is 0 Å². The number of methoxy groups -OCH3 is 2. The molecule has 2 heterocycles. The lowest BCUT2D eigenvalue weighted by Crippen LogP contribution is -2.81. The molecule has 2 fully saturated rings. The molecule has 88 valence electrons. The summed E-state index contributed by atoms with van der Waals surface area (Å²) in [4.78, 5) is 34.2. The summed E-state index contributed by atoms with van der Waals surface area (Å²) in [6.07, 6.45) is 0. The van der Waals surface area contributed by atoms with Crippen LogP contribution in [0.5, 0.6) is 0 Å². The standard InChI is InChI=1S/C7H10N4O5/c1-15-6-3(12)8-4(13)10-7(6,16-2)11-5(14)9-6/h1-2H3,(H2,9,11,14)(H2,8,10,12,13)/t6-,7-/m0/s1. The van der Waals surface area contributed by atoms with Gasteiger partial charge in [-0.2, -0.15) is 0 Å². The molecule has 2 rings (SSSR count). The van der Waals surface area contributed by atoms with E-state index in [0.29, 0.717) is 0 Å². The molecule has 4 N–H and O–H groups in total. The maximum Gasteiger partial charge on any atom is 0.325 e. The summed E-state index contributed by atoms with van der Waals surface area (Å²) in [6, 6.07) is -1.48. The van der Waals surface area contributed by atoms with E-state index >= 15 is 0 Å². The van der Waals surface area contributed by atoms with E-state index in [1.807, 2.05) is 5.32 Å². The summed E-state index contributed by atoms with van der Waals surface area (Å²) in [5.74, 6) is -2.57.